The summed E-state index contributed by atoms with van der Waals surface area (Å²) in [5.74, 6) is -0.407. The van der Waals surface area contributed by atoms with Crippen LogP contribution >= 0.6 is 0 Å². The molecule has 0 aliphatic carbocycles. The van der Waals surface area contributed by atoms with E-state index in [2.05, 4.69) is 0 Å². The van der Waals surface area contributed by atoms with Crippen LogP contribution in [0.15, 0.2) is 0 Å². The predicted molar refractivity (Wildman–Crippen MR) is 64.0 cm³/mol. The molecule has 0 radical (unpaired) electrons. The number of hydrogen-bond acceptors (Lipinski definition) is 4. The van der Waals surface area contributed by atoms with E-state index in [0.717, 1.165) is 38.6 Å². The molecule has 3 heterocycles. The van der Waals surface area contributed by atoms with Crippen LogP contribution < -0.4 is 0 Å². The zero-order valence-corrected chi connectivity index (χ0v) is 10.7. The fourth-order valence-corrected chi connectivity index (χ4v) is 3.05. The molecule has 5 heteroatoms. The summed E-state index contributed by atoms with van der Waals surface area (Å²) in [4.78, 5) is 14.2. The second kappa shape index (κ2) is 5.15. The zero-order valence-electron chi connectivity index (χ0n) is 10.7. The fourth-order valence-electron chi connectivity index (χ4n) is 3.05. The number of amides is 1. The van der Waals surface area contributed by atoms with Gasteiger partial charge in [-0.2, -0.15) is 0 Å². The van der Waals surface area contributed by atoms with Crippen LogP contribution in [0.4, 0.5) is 0 Å². The third-order valence-electron chi connectivity index (χ3n) is 4.00. The van der Waals surface area contributed by atoms with Crippen LogP contribution in [-0.4, -0.2) is 55.6 Å². The number of ether oxygens (including phenoxy) is 3. The molecule has 0 saturated carbocycles. The molecule has 0 aromatic carbocycles. The molecule has 18 heavy (non-hydrogen) atoms. The largest absolute Gasteiger partial charge is 0.368 e. The average molecular weight is 255 g/mol. The van der Waals surface area contributed by atoms with Gasteiger partial charge < -0.3 is 19.1 Å². The Bertz CT molecular complexity index is 308. The minimum atomic E-state index is -0.525. The van der Waals surface area contributed by atoms with Crippen LogP contribution in [0, 0.1) is 0 Å². The highest BCUT2D eigenvalue weighted by atomic mass is 16.7. The topological polar surface area (TPSA) is 48.0 Å². The van der Waals surface area contributed by atoms with E-state index in [1.54, 1.807) is 0 Å². The molecule has 3 fully saturated rings. The molecular formula is C13H21NO4. The number of piperidine rings is 1. The summed E-state index contributed by atoms with van der Waals surface area (Å²) in [6, 6.07) is 0. The third kappa shape index (κ3) is 2.39. The van der Waals surface area contributed by atoms with Crippen molar-refractivity contribution < 1.29 is 19.0 Å². The molecule has 1 atom stereocenters. The van der Waals surface area contributed by atoms with E-state index < -0.39 is 5.79 Å². The van der Waals surface area contributed by atoms with E-state index in [1.807, 2.05) is 4.90 Å². The Morgan fingerprint density at radius 2 is 1.94 bits per heavy atom. The van der Waals surface area contributed by atoms with E-state index >= 15 is 0 Å². The lowest BCUT2D eigenvalue weighted by atomic mass is 10.0. The third-order valence-corrected chi connectivity index (χ3v) is 4.00. The Labute approximate surface area is 107 Å². The van der Waals surface area contributed by atoms with Crippen molar-refractivity contribution in [2.75, 3.05) is 32.9 Å². The van der Waals surface area contributed by atoms with Gasteiger partial charge in [0, 0.05) is 19.6 Å². The number of likely N-dealkylation sites (tertiary alicyclic amines) is 1. The Hall–Kier alpha value is -0.650. The van der Waals surface area contributed by atoms with Crippen molar-refractivity contribution in [1.29, 1.82) is 0 Å². The van der Waals surface area contributed by atoms with Crippen molar-refractivity contribution in [2.24, 2.45) is 0 Å². The Kier molecular flexibility index (Phi) is 3.54. The van der Waals surface area contributed by atoms with Gasteiger partial charge in [0.1, 0.15) is 6.10 Å². The van der Waals surface area contributed by atoms with Gasteiger partial charge in [0.15, 0.2) is 5.79 Å². The average Bonchev–Trinajstić information content (AvgIpc) is 2.87. The number of carbonyl (C=O) groups is 1. The van der Waals surface area contributed by atoms with Crippen LogP contribution in [0.25, 0.3) is 0 Å². The van der Waals surface area contributed by atoms with E-state index in [9.17, 15) is 4.79 Å². The molecule has 1 spiro atoms. The van der Waals surface area contributed by atoms with Crippen LogP contribution in [0.2, 0.25) is 0 Å². The molecule has 0 bridgehead atoms. The van der Waals surface area contributed by atoms with Gasteiger partial charge >= 0.3 is 0 Å². The zero-order chi connectivity index (χ0) is 12.4. The SMILES string of the molecule is O=C(C1CCCCO1)N1CCCC2(C1)OCCO2. The minimum Gasteiger partial charge on any atom is -0.368 e. The predicted octanol–water partition coefficient (Wildman–Crippen LogP) is 0.921. The maximum atomic E-state index is 12.4. The Morgan fingerprint density at radius 3 is 2.67 bits per heavy atom. The van der Waals surface area contributed by atoms with Crippen molar-refractivity contribution in [3.8, 4) is 0 Å². The van der Waals surface area contributed by atoms with Crippen LogP contribution in [-0.2, 0) is 19.0 Å². The minimum absolute atomic E-state index is 0.118. The van der Waals surface area contributed by atoms with E-state index in [0.29, 0.717) is 26.4 Å². The molecule has 3 saturated heterocycles. The molecule has 0 aromatic heterocycles. The van der Waals surface area contributed by atoms with Gasteiger partial charge in [-0.25, -0.2) is 0 Å². The monoisotopic (exact) mass is 255 g/mol. The van der Waals surface area contributed by atoms with E-state index in [4.69, 9.17) is 14.2 Å². The second-order valence-electron chi connectivity index (χ2n) is 5.33. The summed E-state index contributed by atoms with van der Waals surface area (Å²) in [5.41, 5.74) is 0. The lowest BCUT2D eigenvalue weighted by molar-refractivity contribution is -0.197. The molecule has 3 aliphatic rings. The van der Waals surface area contributed by atoms with Gasteiger partial charge in [0.05, 0.1) is 19.8 Å². The standard InChI is InChI=1S/C13H21NO4/c15-12(11-4-1-2-7-16-11)14-6-3-5-13(10-14)17-8-9-18-13/h11H,1-10H2. The molecule has 0 aromatic rings. The second-order valence-corrected chi connectivity index (χ2v) is 5.33. The molecular weight excluding hydrogens is 234 g/mol. The first-order valence-electron chi connectivity index (χ1n) is 6.97. The van der Waals surface area contributed by atoms with Crippen molar-refractivity contribution in [1.82, 2.24) is 4.90 Å². The number of carbonyl (C=O) groups excluding carboxylic acids is 1. The molecule has 5 nitrogen and oxygen atoms in total. The number of nitrogens with zero attached hydrogens (tertiary/aromatic N) is 1. The van der Waals surface area contributed by atoms with Crippen molar-refractivity contribution in [3.05, 3.63) is 0 Å². The molecule has 102 valence electrons. The highest BCUT2D eigenvalue weighted by molar-refractivity contribution is 5.81. The summed E-state index contributed by atoms with van der Waals surface area (Å²) in [6.07, 6.45) is 4.60. The summed E-state index contributed by atoms with van der Waals surface area (Å²) in [7, 11) is 0. The lowest BCUT2D eigenvalue weighted by Gasteiger charge is -2.40. The molecule has 0 N–H and O–H groups in total. The van der Waals surface area contributed by atoms with Crippen molar-refractivity contribution >= 4 is 5.91 Å². The highest BCUT2D eigenvalue weighted by Crippen LogP contribution is 2.31. The van der Waals surface area contributed by atoms with E-state index in [-0.39, 0.29) is 12.0 Å². The fraction of sp³-hybridized carbons (Fsp3) is 0.923. The van der Waals surface area contributed by atoms with Gasteiger partial charge in [0.25, 0.3) is 5.91 Å². The van der Waals surface area contributed by atoms with Gasteiger partial charge in [0.2, 0.25) is 0 Å². The molecule has 3 rings (SSSR count). The Morgan fingerprint density at radius 1 is 1.11 bits per heavy atom. The smallest absolute Gasteiger partial charge is 0.251 e. The van der Waals surface area contributed by atoms with Gasteiger partial charge in [-0.3, -0.25) is 4.79 Å². The van der Waals surface area contributed by atoms with Crippen molar-refractivity contribution in [3.63, 3.8) is 0 Å². The summed E-state index contributed by atoms with van der Waals surface area (Å²) >= 11 is 0. The van der Waals surface area contributed by atoms with Crippen LogP contribution in [0.1, 0.15) is 32.1 Å². The van der Waals surface area contributed by atoms with Gasteiger partial charge in [-0.1, -0.05) is 0 Å². The van der Waals surface area contributed by atoms with Gasteiger partial charge in [-0.05, 0) is 25.7 Å². The normalized spacial score (nSPS) is 31.8. The number of rotatable bonds is 1. The Balaban J connectivity index is 1.62. The summed E-state index contributed by atoms with van der Waals surface area (Å²) < 4.78 is 17.0. The quantitative estimate of drug-likeness (QED) is 0.699. The summed E-state index contributed by atoms with van der Waals surface area (Å²) in [5, 5.41) is 0. The molecule has 3 aliphatic heterocycles. The van der Waals surface area contributed by atoms with Gasteiger partial charge in [-0.15, -0.1) is 0 Å². The molecule has 1 amide bonds. The first-order valence-corrected chi connectivity index (χ1v) is 6.97. The van der Waals surface area contributed by atoms with Crippen LogP contribution in [0.3, 0.4) is 0 Å². The first-order chi connectivity index (χ1) is 8.79. The lowest BCUT2D eigenvalue weighted by Crippen LogP contribution is -2.54. The number of hydrogen-bond donors (Lipinski definition) is 0. The van der Waals surface area contributed by atoms with Crippen LogP contribution in [0.5, 0.6) is 0 Å². The maximum Gasteiger partial charge on any atom is 0.251 e. The highest BCUT2D eigenvalue weighted by Gasteiger charge is 2.43. The maximum absolute atomic E-state index is 12.4. The first kappa shape index (κ1) is 12.4. The molecule has 1 unspecified atom stereocenters. The van der Waals surface area contributed by atoms with Crippen molar-refractivity contribution in [2.45, 2.75) is 44.0 Å². The summed E-state index contributed by atoms with van der Waals surface area (Å²) in [6.45, 7) is 3.35. The van der Waals surface area contributed by atoms with E-state index in [1.165, 1.54) is 0 Å².